The first-order valence-corrected chi connectivity index (χ1v) is 6.82. The highest BCUT2D eigenvalue weighted by Gasteiger charge is 2.08. The van der Waals surface area contributed by atoms with Crippen LogP contribution in [-0.2, 0) is 4.79 Å². The molecule has 0 aliphatic heterocycles. The Morgan fingerprint density at radius 1 is 1.45 bits per heavy atom. The average Bonchev–Trinajstić information content (AvgIpc) is 2.42. The molecule has 0 saturated carbocycles. The fraction of sp³-hybridized carbons (Fsp3) is 0.438. The van der Waals surface area contributed by atoms with Crippen LogP contribution in [0, 0.1) is 5.82 Å². The summed E-state index contributed by atoms with van der Waals surface area (Å²) in [6, 6.07) is 4.52. The van der Waals surface area contributed by atoms with Crippen LogP contribution in [0.5, 0.6) is 5.75 Å². The average molecular weight is 281 g/mol. The van der Waals surface area contributed by atoms with Gasteiger partial charge < -0.3 is 10.1 Å². The number of likely N-dealkylation sites (N-methyl/N-ethyl adjacent to an activating group) is 1. The van der Waals surface area contributed by atoms with Gasteiger partial charge >= 0.3 is 0 Å². The van der Waals surface area contributed by atoms with Crippen LogP contribution in [0.4, 0.5) is 4.39 Å². The first-order valence-electron chi connectivity index (χ1n) is 6.82. The molecule has 0 fully saturated rings. The van der Waals surface area contributed by atoms with E-state index in [9.17, 15) is 9.18 Å². The van der Waals surface area contributed by atoms with Crippen LogP contribution in [0.2, 0.25) is 0 Å². The molecule has 20 heavy (non-hydrogen) atoms. The van der Waals surface area contributed by atoms with Gasteiger partial charge in [0.2, 0.25) is 0 Å². The zero-order valence-electron chi connectivity index (χ0n) is 12.9. The second-order valence-corrected chi connectivity index (χ2v) is 4.12. The number of carbonyl (C=O) groups excluding carboxylic acids is 1. The first-order chi connectivity index (χ1) is 9.52. The summed E-state index contributed by atoms with van der Waals surface area (Å²) in [5.74, 6) is -0.258. The highest BCUT2D eigenvalue weighted by molar-refractivity contribution is 5.91. The molecule has 0 aromatic heterocycles. The predicted molar refractivity (Wildman–Crippen MR) is 81.5 cm³/mol. The van der Waals surface area contributed by atoms with Gasteiger partial charge in [-0.3, -0.25) is 4.79 Å². The zero-order valence-corrected chi connectivity index (χ0v) is 12.9. The summed E-state index contributed by atoms with van der Waals surface area (Å²) in [5, 5.41) is 2.96. The zero-order chi connectivity index (χ0) is 15.5. The number of nitrogens with one attached hydrogen (secondary N) is 1. The van der Waals surface area contributed by atoms with E-state index in [0.717, 1.165) is 5.56 Å². The molecule has 1 N–H and O–H groups in total. The molecule has 0 saturated heterocycles. The third kappa shape index (κ3) is 7.04. The van der Waals surface area contributed by atoms with Gasteiger partial charge in [0.05, 0.1) is 0 Å². The molecule has 0 spiro atoms. The molecule has 0 bridgehead atoms. The number of allylic oxidation sites excluding steroid dienone is 1. The van der Waals surface area contributed by atoms with Crippen molar-refractivity contribution in [3.63, 3.8) is 0 Å². The molecule has 0 amide bonds. The largest absolute Gasteiger partial charge is 0.486 e. The van der Waals surface area contributed by atoms with E-state index in [1.807, 2.05) is 27.8 Å². The van der Waals surface area contributed by atoms with Crippen LogP contribution in [0.3, 0.4) is 0 Å². The van der Waals surface area contributed by atoms with Crippen molar-refractivity contribution in [2.45, 2.75) is 33.8 Å². The van der Waals surface area contributed by atoms with Gasteiger partial charge in [-0.2, -0.15) is 0 Å². The van der Waals surface area contributed by atoms with E-state index in [2.05, 4.69) is 5.32 Å². The standard InChI is InChI=1S/C14H18FNO2.C2H6/c1-10(17)4-5-12-6-7-13(15)14(8-12)18-11(2)9-16-3;1-2/h4-8,11,16H,9H2,1-3H3;1-2H3/b5-4+;. The van der Waals surface area contributed by atoms with Crippen LogP contribution in [0.1, 0.15) is 33.3 Å². The topological polar surface area (TPSA) is 38.3 Å². The molecular weight excluding hydrogens is 257 g/mol. The number of hydrogen-bond donors (Lipinski definition) is 1. The van der Waals surface area contributed by atoms with Crippen molar-refractivity contribution in [2.75, 3.05) is 13.6 Å². The van der Waals surface area contributed by atoms with E-state index >= 15 is 0 Å². The Morgan fingerprint density at radius 2 is 2.10 bits per heavy atom. The van der Waals surface area contributed by atoms with E-state index in [1.54, 1.807) is 18.2 Å². The maximum Gasteiger partial charge on any atom is 0.165 e. The molecule has 0 aliphatic rings. The minimum Gasteiger partial charge on any atom is -0.486 e. The van der Waals surface area contributed by atoms with Crippen molar-refractivity contribution in [3.8, 4) is 5.75 Å². The summed E-state index contributed by atoms with van der Waals surface area (Å²) in [4.78, 5) is 10.8. The molecule has 3 nitrogen and oxygen atoms in total. The van der Waals surface area contributed by atoms with E-state index in [4.69, 9.17) is 4.74 Å². The number of halogens is 1. The molecule has 0 radical (unpaired) electrons. The van der Waals surface area contributed by atoms with Gasteiger partial charge in [0.25, 0.3) is 0 Å². The molecule has 112 valence electrons. The number of carbonyl (C=O) groups is 1. The minimum atomic E-state index is -0.405. The monoisotopic (exact) mass is 281 g/mol. The molecule has 4 heteroatoms. The van der Waals surface area contributed by atoms with E-state index in [1.165, 1.54) is 19.1 Å². The third-order valence-electron chi connectivity index (χ3n) is 2.29. The van der Waals surface area contributed by atoms with Crippen molar-refractivity contribution >= 4 is 11.9 Å². The van der Waals surface area contributed by atoms with Crippen LogP contribution < -0.4 is 10.1 Å². The Labute approximate surface area is 120 Å². The van der Waals surface area contributed by atoms with E-state index < -0.39 is 5.82 Å². The van der Waals surface area contributed by atoms with Crippen molar-refractivity contribution in [1.82, 2.24) is 5.32 Å². The Kier molecular flexibility index (Phi) is 9.30. The lowest BCUT2D eigenvalue weighted by Crippen LogP contribution is -2.26. The lowest BCUT2D eigenvalue weighted by molar-refractivity contribution is -0.112. The normalized spacial score (nSPS) is 11.7. The van der Waals surface area contributed by atoms with Crippen LogP contribution in [0.15, 0.2) is 24.3 Å². The lowest BCUT2D eigenvalue weighted by Gasteiger charge is -2.15. The number of rotatable bonds is 6. The quantitative estimate of drug-likeness (QED) is 0.812. The highest BCUT2D eigenvalue weighted by atomic mass is 19.1. The Morgan fingerprint density at radius 3 is 2.65 bits per heavy atom. The summed E-state index contributed by atoms with van der Waals surface area (Å²) in [6.45, 7) is 7.95. The Hall–Kier alpha value is -1.68. The second kappa shape index (κ2) is 10.1. The maximum atomic E-state index is 13.5. The fourth-order valence-electron chi connectivity index (χ4n) is 1.47. The van der Waals surface area contributed by atoms with E-state index in [-0.39, 0.29) is 17.6 Å². The van der Waals surface area contributed by atoms with Gasteiger partial charge in [-0.15, -0.1) is 0 Å². The highest BCUT2D eigenvalue weighted by Crippen LogP contribution is 2.20. The van der Waals surface area contributed by atoms with Crippen molar-refractivity contribution in [3.05, 3.63) is 35.7 Å². The first kappa shape index (κ1) is 18.3. The van der Waals surface area contributed by atoms with Crippen molar-refractivity contribution in [2.24, 2.45) is 0 Å². The van der Waals surface area contributed by atoms with Crippen LogP contribution in [-0.4, -0.2) is 25.5 Å². The van der Waals surface area contributed by atoms with Gasteiger partial charge in [-0.1, -0.05) is 26.0 Å². The van der Waals surface area contributed by atoms with Gasteiger partial charge in [0.1, 0.15) is 6.10 Å². The SMILES string of the molecule is CC.CNCC(C)Oc1cc(/C=C/C(C)=O)ccc1F. The van der Waals surface area contributed by atoms with Gasteiger partial charge in [-0.05, 0) is 44.7 Å². The third-order valence-corrected chi connectivity index (χ3v) is 2.29. The number of benzene rings is 1. The van der Waals surface area contributed by atoms with Gasteiger partial charge in [0.15, 0.2) is 17.3 Å². The summed E-state index contributed by atoms with van der Waals surface area (Å²) < 4.78 is 19.0. The summed E-state index contributed by atoms with van der Waals surface area (Å²) >= 11 is 0. The van der Waals surface area contributed by atoms with Crippen molar-refractivity contribution in [1.29, 1.82) is 0 Å². The smallest absolute Gasteiger partial charge is 0.165 e. The predicted octanol–water partition coefficient (Wildman–Crippen LogP) is 3.44. The van der Waals surface area contributed by atoms with Crippen LogP contribution in [0.25, 0.3) is 6.08 Å². The summed E-state index contributed by atoms with van der Waals surface area (Å²) in [5.41, 5.74) is 0.734. The lowest BCUT2D eigenvalue weighted by atomic mass is 10.2. The summed E-state index contributed by atoms with van der Waals surface area (Å²) in [7, 11) is 1.81. The minimum absolute atomic E-state index is 0.0506. The molecule has 1 rings (SSSR count). The van der Waals surface area contributed by atoms with Gasteiger partial charge in [-0.25, -0.2) is 4.39 Å². The van der Waals surface area contributed by atoms with Crippen molar-refractivity contribution < 1.29 is 13.9 Å². The number of ether oxygens (including phenoxy) is 1. The Balaban J connectivity index is 0.00000172. The summed E-state index contributed by atoms with van der Waals surface area (Å²) in [6.07, 6.45) is 2.95. The molecule has 1 aromatic carbocycles. The molecule has 0 aliphatic carbocycles. The Bertz CT molecular complexity index is 444. The van der Waals surface area contributed by atoms with Gasteiger partial charge in [0, 0.05) is 6.54 Å². The number of ketones is 1. The maximum absolute atomic E-state index is 13.5. The van der Waals surface area contributed by atoms with Crippen LogP contribution >= 0.6 is 0 Å². The second-order valence-electron chi connectivity index (χ2n) is 4.12. The molecule has 1 aromatic rings. The number of hydrogen-bond acceptors (Lipinski definition) is 3. The fourth-order valence-corrected chi connectivity index (χ4v) is 1.47. The van der Waals surface area contributed by atoms with E-state index in [0.29, 0.717) is 6.54 Å². The molecular formula is C16H24FNO2. The molecule has 1 unspecified atom stereocenters. The molecule has 0 heterocycles. The molecule has 1 atom stereocenters.